The van der Waals surface area contributed by atoms with Crippen LogP contribution in [0.3, 0.4) is 0 Å². The van der Waals surface area contributed by atoms with Crippen molar-refractivity contribution in [1.82, 2.24) is 10.2 Å². The molecule has 24 heavy (non-hydrogen) atoms. The van der Waals surface area contributed by atoms with Crippen LogP contribution in [0, 0.1) is 0 Å². The van der Waals surface area contributed by atoms with Gasteiger partial charge in [-0.25, -0.2) is 9.59 Å². The van der Waals surface area contributed by atoms with E-state index >= 15 is 0 Å². The van der Waals surface area contributed by atoms with Gasteiger partial charge in [0.2, 0.25) is 0 Å². The second kappa shape index (κ2) is 8.15. The first kappa shape index (κ1) is 18.3. The number of nitrogens with one attached hydrogen (secondary N) is 1. The Labute approximate surface area is 143 Å². The van der Waals surface area contributed by atoms with Crippen LogP contribution in [-0.4, -0.2) is 55.9 Å². The van der Waals surface area contributed by atoms with Gasteiger partial charge in [0.15, 0.2) is 0 Å². The van der Waals surface area contributed by atoms with E-state index in [-0.39, 0.29) is 12.6 Å². The van der Waals surface area contributed by atoms with Crippen LogP contribution >= 0.6 is 0 Å². The second-order valence-corrected chi connectivity index (χ2v) is 6.32. The average molecular weight is 334 g/mol. The van der Waals surface area contributed by atoms with Gasteiger partial charge in [0.05, 0.1) is 19.8 Å². The monoisotopic (exact) mass is 334 g/mol. The van der Waals surface area contributed by atoms with E-state index in [2.05, 4.69) is 5.32 Å². The van der Waals surface area contributed by atoms with Crippen LogP contribution in [0.5, 0.6) is 0 Å². The molecular weight excluding hydrogens is 308 g/mol. The largest absolute Gasteiger partial charge is 0.464 e. The minimum absolute atomic E-state index is 0.264. The third-order valence-electron chi connectivity index (χ3n) is 4.33. The van der Waals surface area contributed by atoms with Gasteiger partial charge in [0.25, 0.3) is 0 Å². The number of hydrogen-bond acceptors (Lipinski definition) is 4. The van der Waals surface area contributed by atoms with Crippen LogP contribution in [0.15, 0.2) is 30.3 Å². The number of hydrogen-bond donors (Lipinski definition) is 1. The Morgan fingerprint density at radius 2 is 1.88 bits per heavy atom. The molecule has 1 aromatic rings. The average Bonchev–Trinajstić information content (AvgIpc) is 2.61. The van der Waals surface area contributed by atoms with E-state index in [9.17, 15) is 9.59 Å². The Morgan fingerprint density at radius 1 is 1.25 bits per heavy atom. The van der Waals surface area contributed by atoms with Gasteiger partial charge in [0, 0.05) is 18.5 Å². The van der Waals surface area contributed by atoms with Gasteiger partial charge in [-0.15, -0.1) is 0 Å². The van der Waals surface area contributed by atoms with Crippen molar-refractivity contribution in [2.75, 3.05) is 32.9 Å². The zero-order valence-electron chi connectivity index (χ0n) is 14.6. The molecule has 1 aliphatic heterocycles. The van der Waals surface area contributed by atoms with E-state index in [0.29, 0.717) is 26.3 Å². The first-order valence-corrected chi connectivity index (χ1v) is 8.32. The van der Waals surface area contributed by atoms with Crippen LogP contribution in [0.4, 0.5) is 4.79 Å². The lowest BCUT2D eigenvalue weighted by Gasteiger charge is -2.36. The summed E-state index contributed by atoms with van der Waals surface area (Å²) >= 11 is 0. The zero-order valence-corrected chi connectivity index (χ0v) is 14.6. The number of carbonyl (C=O) groups is 2. The quantitative estimate of drug-likeness (QED) is 0.836. The van der Waals surface area contributed by atoms with Crippen LogP contribution in [0.1, 0.15) is 26.3 Å². The molecule has 1 N–H and O–H groups in total. The minimum Gasteiger partial charge on any atom is -0.464 e. The van der Waals surface area contributed by atoms with Crippen molar-refractivity contribution in [2.24, 2.45) is 0 Å². The molecular formula is C18H26N2O4. The SMILES string of the molecule is CCOC(=O)C(NC(=O)N1CCOCC1)C(C)(C)c1ccccc1. The summed E-state index contributed by atoms with van der Waals surface area (Å²) in [6.45, 7) is 7.97. The van der Waals surface area contributed by atoms with E-state index in [1.807, 2.05) is 44.2 Å². The molecule has 0 spiro atoms. The predicted molar refractivity (Wildman–Crippen MR) is 90.8 cm³/mol. The molecule has 2 rings (SSSR count). The van der Waals surface area contributed by atoms with Crippen molar-refractivity contribution in [1.29, 1.82) is 0 Å². The third kappa shape index (κ3) is 4.26. The normalized spacial score (nSPS) is 16.4. The molecule has 2 amide bonds. The maximum atomic E-state index is 12.5. The minimum atomic E-state index is -0.768. The molecule has 1 heterocycles. The maximum absolute atomic E-state index is 12.5. The number of morpholine rings is 1. The topological polar surface area (TPSA) is 67.9 Å². The molecule has 0 saturated carbocycles. The molecule has 1 unspecified atom stereocenters. The van der Waals surface area contributed by atoms with E-state index in [0.717, 1.165) is 5.56 Å². The fourth-order valence-corrected chi connectivity index (χ4v) is 2.78. The van der Waals surface area contributed by atoms with Crippen LogP contribution in [0.25, 0.3) is 0 Å². The lowest BCUT2D eigenvalue weighted by atomic mass is 9.77. The molecule has 6 heteroatoms. The van der Waals surface area contributed by atoms with Gasteiger partial charge < -0.3 is 19.7 Å². The molecule has 1 aromatic carbocycles. The maximum Gasteiger partial charge on any atom is 0.329 e. The Kier molecular flexibility index (Phi) is 6.20. The number of benzene rings is 1. The summed E-state index contributed by atoms with van der Waals surface area (Å²) in [4.78, 5) is 26.7. The number of nitrogens with zero attached hydrogens (tertiary/aromatic N) is 1. The second-order valence-electron chi connectivity index (χ2n) is 6.32. The molecule has 0 bridgehead atoms. The van der Waals surface area contributed by atoms with Crippen molar-refractivity contribution in [2.45, 2.75) is 32.2 Å². The Balaban J connectivity index is 2.20. The van der Waals surface area contributed by atoms with Gasteiger partial charge in [-0.2, -0.15) is 0 Å². The fourth-order valence-electron chi connectivity index (χ4n) is 2.78. The first-order chi connectivity index (χ1) is 11.5. The summed E-state index contributed by atoms with van der Waals surface area (Å²) in [5.74, 6) is -0.423. The number of urea groups is 1. The number of amides is 2. The molecule has 0 aromatic heterocycles. The van der Waals surface area contributed by atoms with Crippen molar-refractivity contribution >= 4 is 12.0 Å². The smallest absolute Gasteiger partial charge is 0.329 e. The molecule has 1 saturated heterocycles. The van der Waals surface area contributed by atoms with E-state index in [4.69, 9.17) is 9.47 Å². The summed E-state index contributed by atoms with van der Waals surface area (Å²) in [6.07, 6.45) is 0. The summed E-state index contributed by atoms with van der Waals surface area (Å²) in [6, 6.07) is 8.63. The number of esters is 1. The van der Waals surface area contributed by atoms with Gasteiger partial charge in [0.1, 0.15) is 6.04 Å². The van der Waals surface area contributed by atoms with Crippen molar-refractivity contribution < 1.29 is 19.1 Å². The first-order valence-electron chi connectivity index (χ1n) is 8.32. The zero-order chi connectivity index (χ0) is 17.6. The molecule has 132 valence electrons. The Morgan fingerprint density at radius 3 is 2.46 bits per heavy atom. The Bertz CT molecular complexity index is 553. The summed E-state index contributed by atoms with van der Waals surface area (Å²) in [7, 11) is 0. The highest BCUT2D eigenvalue weighted by atomic mass is 16.5. The van der Waals surface area contributed by atoms with Gasteiger partial charge in [-0.3, -0.25) is 0 Å². The molecule has 0 aliphatic carbocycles. The predicted octanol–water partition coefficient (Wildman–Crippen LogP) is 1.94. The highest BCUT2D eigenvalue weighted by Crippen LogP contribution is 2.28. The van der Waals surface area contributed by atoms with E-state index < -0.39 is 17.4 Å². The molecule has 1 aliphatic rings. The summed E-state index contributed by atoms with van der Waals surface area (Å²) < 4.78 is 10.5. The lowest BCUT2D eigenvalue weighted by molar-refractivity contribution is -0.147. The number of rotatable bonds is 5. The van der Waals surface area contributed by atoms with Crippen LogP contribution in [-0.2, 0) is 19.7 Å². The highest BCUT2D eigenvalue weighted by Gasteiger charge is 2.39. The highest BCUT2D eigenvalue weighted by molar-refractivity contribution is 5.85. The lowest BCUT2D eigenvalue weighted by Crippen LogP contribution is -2.57. The van der Waals surface area contributed by atoms with Gasteiger partial charge in [-0.1, -0.05) is 44.2 Å². The molecule has 0 radical (unpaired) electrons. The molecule has 6 nitrogen and oxygen atoms in total. The van der Waals surface area contributed by atoms with E-state index in [1.54, 1.807) is 11.8 Å². The van der Waals surface area contributed by atoms with Crippen LogP contribution in [0.2, 0.25) is 0 Å². The molecule has 1 fully saturated rings. The van der Waals surface area contributed by atoms with Crippen molar-refractivity contribution in [3.63, 3.8) is 0 Å². The van der Waals surface area contributed by atoms with Crippen molar-refractivity contribution in [3.05, 3.63) is 35.9 Å². The van der Waals surface area contributed by atoms with Gasteiger partial charge in [-0.05, 0) is 12.5 Å². The van der Waals surface area contributed by atoms with Crippen LogP contribution < -0.4 is 5.32 Å². The van der Waals surface area contributed by atoms with Crippen molar-refractivity contribution in [3.8, 4) is 0 Å². The summed E-state index contributed by atoms with van der Waals surface area (Å²) in [5.41, 5.74) is 0.362. The third-order valence-corrected chi connectivity index (χ3v) is 4.33. The van der Waals surface area contributed by atoms with Gasteiger partial charge >= 0.3 is 12.0 Å². The number of ether oxygens (including phenoxy) is 2. The Hall–Kier alpha value is -2.08. The standard InChI is InChI=1S/C18H26N2O4/c1-4-24-16(21)15(18(2,3)14-8-6-5-7-9-14)19-17(22)20-10-12-23-13-11-20/h5-9,15H,4,10-13H2,1-3H3,(H,19,22). The van der Waals surface area contributed by atoms with E-state index in [1.165, 1.54) is 0 Å². The number of carbonyl (C=O) groups excluding carboxylic acids is 2. The molecule has 1 atom stereocenters. The fraction of sp³-hybridized carbons (Fsp3) is 0.556. The summed E-state index contributed by atoms with van der Waals surface area (Å²) in [5, 5.41) is 2.87.